The molecule has 0 radical (unpaired) electrons. The molecule has 3 rings (SSSR count). The van der Waals surface area contributed by atoms with Gasteiger partial charge in [0, 0.05) is 34.0 Å². The number of aromatic amines is 1. The molecular weight excluding hydrogens is 290 g/mol. The van der Waals surface area contributed by atoms with Crippen molar-refractivity contribution in [1.29, 1.82) is 0 Å². The zero-order valence-corrected chi connectivity index (χ0v) is 12.9. The molecule has 1 atom stereocenters. The van der Waals surface area contributed by atoms with E-state index in [-0.39, 0.29) is 5.97 Å². The molecule has 3 aromatic rings. The van der Waals surface area contributed by atoms with Crippen LogP contribution in [0.4, 0.5) is 11.4 Å². The number of hydrogen-bond acceptors (Lipinski definition) is 4. The van der Waals surface area contributed by atoms with Crippen LogP contribution in [-0.2, 0) is 9.53 Å². The lowest BCUT2D eigenvalue weighted by Gasteiger charge is -2.18. The molecule has 4 N–H and O–H groups in total. The standard InChI is InChI=1S/C18H19N3O2/c1-2-23-18(22)17(21-13-9-7-12(19)8-10-13)15-11-20-16-6-4-3-5-14(15)16/h3-11,17,20-21H,2,19H2,1H3. The summed E-state index contributed by atoms with van der Waals surface area (Å²) in [5.74, 6) is -0.311. The molecule has 0 amide bonds. The quantitative estimate of drug-likeness (QED) is 0.498. The smallest absolute Gasteiger partial charge is 0.333 e. The van der Waals surface area contributed by atoms with Crippen molar-refractivity contribution in [2.75, 3.05) is 17.7 Å². The number of nitrogens with one attached hydrogen (secondary N) is 2. The number of H-pyrrole nitrogens is 1. The third kappa shape index (κ3) is 3.13. The maximum absolute atomic E-state index is 12.4. The van der Waals surface area contributed by atoms with Crippen LogP contribution in [0.15, 0.2) is 54.7 Å². The molecule has 1 aromatic heterocycles. The molecule has 5 heteroatoms. The Kier molecular flexibility index (Phi) is 4.19. The number of anilines is 2. The first-order valence-corrected chi connectivity index (χ1v) is 7.53. The fraction of sp³-hybridized carbons (Fsp3) is 0.167. The Morgan fingerprint density at radius 3 is 2.70 bits per heavy atom. The van der Waals surface area contributed by atoms with Gasteiger partial charge in [-0.2, -0.15) is 0 Å². The number of hydrogen-bond donors (Lipinski definition) is 3. The summed E-state index contributed by atoms with van der Waals surface area (Å²) in [6, 6.07) is 14.5. The van der Waals surface area contributed by atoms with E-state index in [0.29, 0.717) is 12.3 Å². The van der Waals surface area contributed by atoms with Crippen LogP contribution in [0, 0.1) is 0 Å². The van der Waals surface area contributed by atoms with Crippen LogP contribution in [0.3, 0.4) is 0 Å². The van der Waals surface area contributed by atoms with Gasteiger partial charge in [-0.15, -0.1) is 0 Å². The number of benzene rings is 2. The molecule has 0 fully saturated rings. The van der Waals surface area contributed by atoms with Crippen LogP contribution in [-0.4, -0.2) is 17.6 Å². The summed E-state index contributed by atoms with van der Waals surface area (Å²) in [4.78, 5) is 15.6. The van der Waals surface area contributed by atoms with Gasteiger partial charge in [-0.3, -0.25) is 0 Å². The van der Waals surface area contributed by atoms with E-state index in [1.807, 2.05) is 42.6 Å². The number of nitrogens with two attached hydrogens (primary N) is 1. The van der Waals surface area contributed by atoms with E-state index >= 15 is 0 Å². The molecule has 0 saturated heterocycles. The molecule has 1 unspecified atom stereocenters. The molecule has 0 aliphatic carbocycles. The van der Waals surface area contributed by atoms with Gasteiger partial charge in [-0.05, 0) is 37.3 Å². The van der Waals surface area contributed by atoms with Crippen LogP contribution >= 0.6 is 0 Å². The number of fused-ring (bicyclic) bond motifs is 1. The molecule has 0 saturated carbocycles. The fourth-order valence-corrected chi connectivity index (χ4v) is 2.57. The Hall–Kier alpha value is -2.95. The van der Waals surface area contributed by atoms with Gasteiger partial charge in [0.15, 0.2) is 6.04 Å². The van der Waals surface area contributed by atoms with Crippen LogP contribution < -0.4 is 11.1 Å². The Morgan fingerprint density at radius 2 is 1.96 bits per heavy atom. The highest BCUT2D eigenvalue weighted by atomic mass is 16.5. The summed E-state index contributed by atoms with van der Waals surface area (Å²) in [5, 5.41) is 4.23. The average molecular weight is 309 g/mol. The number of esters is 1. The van der Waals surface area contributed by atoms with E-state index in [0.717, 1.165) is 22.2 Å². The highest BCUT2D eigenvalue weighted by molar-refractivity contribution is 5.91. The van der Waals surface area contributed by atoms with E-state index in [9.17, 15) is 4.79 Å². The predicted octanol–water partition coefficient (Wildman–Crippen LogP) is 3.47. The maximum atomic E-state index is 12.4. The Labute approximate surface area is 134 Å². The molecule has 0 aliphatic heterocycles. The summed E-state index contributed by atoms with van der Waals surface area (Å²) < 4.78 is 5.23. The van der Waals surface area contributed by atoms with Gasteiger partial charge < -0.3 is 20.8 Å². The predicted molar refractivity (Wildman–Crippen MR) is 92.1 cm³/mol. The number of aromatic nitrogens is 1. The van der Waals surface area contributed by atoms with Gasteiger partial charge in [0.1, 0.15) is 0 Å². The highest BCUT2D eigenvalue weighted by Crippen LogP contribution is 2.28. The van der Waals surface area contributed by atoms with Gasteiger partial charge in [-0.25, -0.2) is 4.79 Å². The summed E-state index contributed by atoms with van der Waals surface area (Å²) in [5.41, 5.74) is 9.03. The largest absolute Gasteiger partial charge is 0.464 e. The van der Waals surface area contributed by atoms with Crippen LogP contribution in [0.1, 0.15) is 18.5 Å². The average Bonchev–Trinajstić information content (AvgIpc) is 2.98. The van der Waals surface area contributed by atoms with Crippen LogP contribution in [0.5, 0.6) is 0 Å². The third-order valence-electron chi connectivity index (χ3n) is 3.68. The number of ether oxygens (including phenoxy) is 1. The van der Waals surface area contributed by atoms with Crippen molar-refractivity contribution in [3.05, 3.63) is 60.3 Å². The fourth-order valence-electron chi connectivity index (χ4n) is 2.57. The first-order chi connectivity index (χ1) is 11.2. The third-order valence-corrected chi connectivity index (χ3v) is 3.68. The minimum absolute atomic E-state index is 0.311. The number of carbonyl (C=O) groups excluding carboxylic acids is 1. The van der Waals surface area contributed by atoms with Crippen molar-refractivity contribution in [2.45, 2.75) is 13.0 Å². The van der Waals surface area contributed by atoms with Crippen molar-refractivity contribution < 1.29 is 9.53 Å². The summed E-state index contributed by atoms with van der Waals surface area (Å²) in [6.45, 7) is 2.13. The van der Waals surface area contributed by atoms with E-state index in [2.05, 4.69) is 10.3 Å². The highest BCUT2D eigenvalue weighted by Gasteiger charge is 2.24. The van der Waals surface area contributed by atoms with Gasteiger partial charge >= 0.3 is 5.97 Å². The zero-order chi connectivity index (χ0) is 16.2. The SMILES string of the molecule is CCOC(=O)C(Nc1ccc(N)cc1)c1c[nH]c2ccccc12. The molecule has 118 valence electrons. The molecular formula is C18H19N3O2. The molecule has 0 bridgehead atoms. The number of nitrogen functional groups attached to an aromatic ring is 1. The Morgan fingerprint density at radius 1 is 1.22 bits per heavy atom. The first kappa shape index (κ1) is 15.0. The zero-order valence-electron chi connectivity index (χ0n) is 12.9. The maximum Gasteiger partial charge on any atom is 0.333 e. The minimum atomic E-state index is -0.588. The molecule has 0 spiro atoms. The number of carbonyl (C=O) groups is 1. The van der Waals surface area contributed by atoms with E-state index in [1.54, 1.807) is 19.1 Å². The summed E-state index contributed by atoms with van der Waals surface area (Å²) in [7, 11) is 0. The first-order valence-electron chi connectivity index (χ1n) is 7.53. The van der Waals surface area contributed by atoms with E-state index in [4.69, 9.17) is 10.5 Å². The summed E-state index contributed by atoms with van der Waals surface area (Å²) >= 11 is 0. The normalized spacial score (nSPS) is 12.0. The Balaban J connectivity index is 1.98. The lowest BCUT2D eigenvalue weighted by Crippen LogP contribution is -2.23. The molecule has 2 aromatic carbocycles. The monoisotopic (exact) mass is 309 g/mol. The van der Waals surface area contributed by atoms with Crippen LogP contribution in [0.2, 0.25) is 0 Å². The molecule has 1 heterocycles. The van der Waals surface area contributed by atoms with Crippen molar-refractivity contribution >= 4 is 28.2 Å². The van der Waals surface area contributed by atoms with Gasteiger partial charge in [0.25, 0.3) is 0 Å². The Bertz CT molecular complexity index is 809. The van der Waals surface area contributed by atoms with Gasteiger partial charge in [0.2, 0.25) is 0 Å². The lowest BCUT2D eigenvalue weighted by atomic mass is 10.1. The van der Waals surface area contributed by atoms with E-state index in [1.165, 1.54) is 0 Å². The number of para-hydroxylation sites is 1. The number of rotatable bonds is 5. The summed E-state index contributed by atoms with van der Waals surface area (Å²) in [6.07, 6.45) is 1.84. The lowest BCUT2D eigenvalue weighted by molar-refractivity contribution is -0.144. The van der Waals surface area contributed by atoms with Crippen molar-refractivity contribution in [3.63, 3.8) is 0 Å². The van der Waals surface area contributed by atoms with Crippen molar-refractivity contribution in [1.82, 2.24) is 4.98 Å². The second-order valence-electron chi connectivity index (χ2n) is 5.24. The van der Waals surface area contributed by atoms with Gasteiger partial charge in [0.05, 0.1) is 6.61 Å². The van der Waals surface area contributed by atoms with E-state index < -0.39 is 6.04 Å². The second kappa shape index (κ2) is 6.44. The second-order valence-corrected chi connectivity index (χ2v) is 5.24. The van der Waals surface area contributed by atoms with Gasteiger partial charge in [-0.1, -0.05) is 18.2 Å². The molecule has 23 heavy (non-hydrogen) atoms. The van der Waals surface area contributed by atoms with Crippen LogP contribution in [0.25, 0.3) is 10.9 Å². The topological polar surface area (TPSA) is 80.1 Å². The minimum Gasteiger partial charge on any atom is -0.464 e. The van der Waals surface area contributed by atoms with Crippen molar-refractivity contribution in [3.8, 4) is 0 Å². The van der Waals surface area contributed by atoms with Crippen molar-refractivity contribution in [2.24, 2.45) is 0 Å². The molecule has 5 nitrogen and oxygen atoms in total. The molecule has 0 aliphatic rings.